The fraction of sp³-hybridized carbons (Fsp3) is 0.400. The molecular formula is C10H12F3N3O. The van der Waals surface area contributed by atoms with Gasteiger partial charge >= 0.3 is 6.18 Å². The highest BCUT2D eigenvalue weighted by atomic mass is 19.4. The Balaban J connectivity index is 2.78. The second kappa shape index (κ2) is 5.13. The quantitative estimate of drug-likeness (QED) is 0.842. The summed E-state index contributed by atoms with van der Waals surface area (Å²) >= 11 is 0. The van der Waals surface area contributed by atoms with E-state index in [1.54, 1.807) is 6.92 Å². The van der Waals surface area contributed by atoms with Gasteiger partial charge in [0.2, 0.25) is 0 Å². The van der Waals surface area contributed by atoms with Gasteiger partial charge in [-0.15, -0.1) is 0 Å². The van der Waals surface area contributed by atoms with E-state index in [1.807, 2.05) is 0 Å². The molecule has 1 aromatic heterocycles. The zero-order chi connectivity index (χ0) is 13.1. The van der Waals surface area contributed by atoms with Gasteiger partial charge < -0.3 is 11.1 Å². The number of nitrogens with two attached hydrogens (primary N) is 1. The van der Waals surface area contributed by atoms with Crippen molar-refractivity contribution in [1.29, 1.82) is 0 Å². The summed E-state index contributed by atoms with van der Waals surface area (Å²) in [4.78, 5) is 14.7. The summed E-state index contributed by atoms with van der Waals surface area (Å²) in [6.07, 6.45) is -3.61. The number of hydrogen-bond donors (Lipinski definition) is 2. The first-order chi connectivity index (χ1) is 7.84. The Labute approximate surface area is 96.0 Å². The van der Waals surface area contributed by atoms with E-state index < -0.39 is 17.8 Å². The van der Waals surface area contributed by atoms with Crippen LogP contribution in [0, 0.1) is 0 Å². The molecule has 0 saturated heterocycles. The smallest absolute Gasteiger partial charge is 0.348 e. The van der Waals surface area contributed by atoms with Crippen molar-refractivity contribution in [3.63, 3.8) is 0 Å². The van der Waals surface area contributed by atoms with E-state index in [2.05, 4.69) is 10.3 Å². The summed E-state index contributed by atoms with van der Waals surface area (Å²) in [5.41, 5.74) is 4.34. The predicted octanol–water partition coefficient (Wildman–Crippen LogP) is 1.18. The number of nitrogens with zero attached hydrogens (tertiary/aromatic N) is 1. The van der Waals surface area contributed by atoms with Crippen molar-refractivity contribution in [2.45, 2.75) is 19.1 Å². The summed E-state index contributed by atoms with van der Waals surface area (Å²) < 4.78 is 36.6. The Hall–Kier alpha value is -1.63. The van der Waals surface area contributed by atoms with Gasteiger partial charge in [-0.2, -0.15) is 13.2 Å². The van der Waals surface area contributed by atoms with Crippen molar-refractivity contribution in [2.24, 2.45) is 5.73 Å². The number of nitrogens with one attached hydrogen (secondary N) is 1. The van der Waals surface area contributed by atoms with Crippen LogP contribution >= 0.6 is 0 Å². The van der Waals surface area contributed by atoms with Crippen molar-refractivity contribution >= 4 is 5.91 Å². The van der Waals surface area contributed by atoms with E-state index in [4.69, 9.17) is 5.73 Å². The zero-order valence-electron chi connectivity index (χ0n) is 9.08. The lowest BCUT2D eigenvalue weighted by atomic mass is 10.2. The molecule has 0 radical (unpaired) electrons. The van der Waals surface area contributed by atoms with Crippen LogP contribution in [0.1, 0.15) is 23.0 Å². The van der Waals surface area contributed by atoms with Crippen molar-refractivity contribution in [2.75, 3.05) is 6.54 Å². The van der Waals surface area contributed by atoms with Crippen molar-refractivity contribution in [3.05, 3.63) is 29.6 Å². The van der Waals surface area contributed by atoms with Crippen LogP contribution in [0.2, 0.25) is 0 Å². The molecule has 1 amide bonds. The lowest BCUT2D eigenvalue weighted by Crippen LogP contribution is -2.37. The number of pyridine rings is 1. The molecule has 4 nitrogen and oxygen atoms in total. The second-order valence-electron chi connectivity index (χ2n) is 3.54. The lowest BCUT2D eigenvalue weighted by Gasteiger charge is -2.11. The summed E-state index contributed by atoms with van der Waals surface area (Å²) in [5, 5.41) is 2.52. The van der Waals surface area contributed by atoms with Gasteiger partial charge in [0.1, 0.15) is 5.69 Å². The van der Waals surface area contributed by atoms with Gasteiger partial charge in [0.15, 0.2) is 0 Å². The van der Waals surface area contributed by atoms with Crippen molar-refractivity contribution in [1.82, 2.24) is 10.3 Å². The van der Waals surface area contributed by atoms with Crippen LogP contribution in [0.4, 0.5) is 13.2 Å². The molecular weight excluding hydrogens is 235 g/mol. The lowest BCUT2D eigenvalue weighted by molar-refractivity contribution is -0.141. The Morgan fingerprint density at radius 3 is 2.59 bits per heavy atom. The maximum atomic E-state index is 12.2. The minimum Gasteiger partial charge on any atom is -0.348 e. The highest BCUT2D eigenvalue weighted by Gasteiger charge is 2.32. The molecule has 0 unspecified atom stereocenters. The number of rotatable bonds is 3. The fourth-order valence-corrected chi connectivity index (χ4v) is 1.06. The highest BCUT2D eigenvalue weighted by Crippen LogP contribution is 2.27. The molecule has 94 valence electrons. The molecule has 1 heterocycles. The minimum absolute atomic E-state index is 0.0679. The van der Waals surface area contributed by atoms with Crippen LogP contribution in [0.25, 0.3) is 0 Å². The first-order valence-corrected chi connectivity index (χ1v) is 4.88. The van der Waals surface area contributed by atoms with E-state index >= 15 is 0 Å². The molecule has 3 N–H and O–H groups in total. The van der Waals surface area contributed by atoms with E-state index in [0.29, 0.717) is 0 Å². The number of amides is 1. The molecule has 7 heteroatoms. The number of carbonyl (C=O) groups is 1. The second-order valence-corrected chi connectivity index (χ2v) is 3.54. The van der Waals surface area contributed by atoms with Crippen LogP contribution in [-0.4, -0.2) is 23.5 Å². The summed E-state index contributed by atoms with van der Waals surface area (Å²) in [7, 11) is 0. The summed E-state index contributed by atoms with van der Waals surface area (Å²) in [6, 6.07) is 1.60. The first-order valence-electron chi connectivity index (χ1n) is 4.88. The highest BCUT2D eigenvalue weighted by molar-refractivity contribution is 5.94. The molecule has 0 aromatic carbocycles. The van der Waals surface area contributed by atoms with Gasteiger partial charge in [0, 0.05) is 18.8 Å². The van der Waals surface area contributed by atoms with E-state index in [0.717, 1.165) is 18.3 Å². The number of halogens is 3. The monoisotopic (exact) mass is 247 g/mol. The molecule has 17 heavy (non-hydrogen) atoms. The molecule has 1 aromatic rings. The Morgan fingerprint density at radius 1 is 1.53 bits per heavy atom. The molecule has 1 rings (SSSR count). The predicted molar refractivity (Wildman–Crippen MR) is 55.2 cm³/mol. The van der Waals surface area contributed by atoms with E-state index in [1.165, 1.54) is 0 Å². The molecule has 0 aliphatic carbocycles. The third kappa shape index (κ3) is 3.70. The van der Waals surface area contributed by atoms with Crippen LogP contribution in [0.3, 0.4) is 0 Å². The van der Waals surface area contributed by atoms with Crippen molar-refractivity contribution in [3.8, 4) is 0 Å². The number of carbonyl (C=O) groups excluding carboxylic acids is 1. The van der Waals surface area contributed by atoms with Crippen LogP contribution in [0.5, 0.6) is 0 Å². The molecule has 0 saturated carbocycles. The van der Waals surface area contributed by atoms with E-state index in [9.17, 15) is 18.0 Å². The Morgan fingerprint density at radius 2 is 2.18 bits per heavy atom. The maximum Gasteiger partial charge on any atom is 0.433 e. The van der Waals surface area contributed by atoms with Gasteiger partial charge in [-0.3, -0.25) is 9.78 Å². The normalized spacial score (nSPS) is 13.2. The SMILES string of the molecule is C[C@H](CN)NC(=O)c1ccc(C(F)(F)F)nc1. The average molecular weight is 247 g/mol. The van der Waals surface area contributed by atoms with Crippen molar-refractivity contribution < 1.29 is 18.0 Å². The maximum absolute atomic E-state index is 12.2. The minimum atomic E-state index is -4.50. The molecule has 1 atom stereocenters. The topological polar surface area (TPSA) is 68.0 Å². The first kappa shape index (κ1) is 13.4. The molecule has 0 fully saturated rings. The standard InChI is InChI=1S/C10H12F3N3O/c1-6(4-14)16-9(17)7-2-3-8(15-5-7)10(11,12)13/h2-3,5-6H,4,14H2,1H3,(H,16,17)/t6-/m1/s1. The Bertz CT molecular complexity index is 389. The fourth-order valence-electron chi connectivity index (χ4n) is 1.06. The van der Waals surface area contributed by atoms with Gasteiger partial charge in [-0.05, 0) is 19.1 Å². The van der Waals surface area contributed by atoms with Gasteiger partial charge in [0.05, 0.1) is 5.56 Å². The average Bonchev–Trinajstić information content (AvgIpc) is 2.27. The third-order valence-electron chi connectivity index (χ3n) is 2.05. The third-order valence-corrected chi connectivity index (χ3v) is 2.05. The summed E-state index contributed by atoms with van der Waals surface area (Å²) in [6.45, 7) is 1.94. The molecule has 0 spiro atoms. The number of aromatic nitrogens is 1. The van der Waals surface area contributed by atoms with Gasteiger partial charge in [-0.1, -0.05) is 0 Å². The summed E-state index contributed by atoms with van der Waals surface area (Å²) in [5.74, 6) is -0.496. The van der Waals surface area contributed by atoms with Crippen LogP contribution in [0.15, 0.2) is 18.3 Å². The number of alkyl halides is 3. The molecule has 0 bridgehead atoms. The molecule has 0 aliphatic heterocycles. The van der Waals surface area contributed by atoms with Crippen LogP contribution in [-0.2, 0) is 6.18 Å². The van der Waals surface area contributed by atoms with Gasteiger partial charge in [-0.25, -0.2) is 0 Å². The van der Waals surface area contributed by atoms with Gasteiger partial charge in [0.25, 0.3) is 5.91 Å². The number of hydrogen-bond acceptors (Lipinski definition) is 3. The van der Waals surface area contributed by atoms with E-state index in [-0.39, 0.29) is 18.2 Å². The molecule has 0 aliphatic rings. The largest absolute Gasteiger partial charge is 0.433 e. The zero-order valence-corrected chi connectivity index (χ0v) is 9.08. The Kier molecular flexibility index (Phi) is 4.06. The van der Waals surface area contributed by atoms with Crippen LogP contribution < -0.4 is 11.1 Å².